The normalized spacial score (nSPS) is 19.0. The van der Waals surface area contributed by atoms with E-state index >= 15 is 0 Å². The standard InChI is InChI=1S/C10H15N3O/c1-14-10(4-2-5-10)9-12-6-3-8(7-11)13-9/h3,6H,2,4-5,7,11H2,1H3. The van der Waals surface area contributed by atoms with Gasteiger partial charge in [-0.1, -0.05) is 0 Å². The number of ether oxygens (including phenoxy) is 1. The summed E-state index contributed by atoms with van der Waals surface area (Å²) in [6, 6.07) is 1.84. The van der Waals surface area contributed by atoms with Crippen LogP contribution in [0.3, 0.4) is 0 Å². The molecule has 0 aromatic carbocycles. The number of nitrogens with two attached hydrogens (primary N) is 1. The number of aromatic nitrogens is 2. The molecule has 14 heavy (non-hydrogen) atoms. The van der Waals surface area contributed by atoms with Crippen molar-refractivity contribution < 1.29 is 4.74 Å². The van der Waals surface area contributed by atoms with Crippen molar-refractivity contribution >= 4 is 0 Å². The molecule has 0 bridgehead atoms. The molecule has 0 atom stereocenters. The van der Waals surface area contributed by atoms with Crippen molar-refractivity contribution in [1.29, 1.82) is 0 Å². The molecule has 2 rings (SSSR count). The van der Waals surface area contributed by atoms with Crippen molar-refractivity contribution in [2.45, 2.75) is 31.4 Å². The van der Waals surface area contributed by atoms with Gasteiger partial charge < -0.3 is 10.5 Å². The first-order valence-electron chi connectivity index (χ1n) is 4.88. The first-order valence-corrected chi connectivity index (χ1v) is 4.88. The van der Waals surface area contributed by atoms with Gasteiger partial charge in [0.2, 0.25) is 0 Å². The van der Waals surface area contributed by atoms with Crippen LogP contribution in [-0.4, -0.2) is 17.1 Å². The van der Waals surface area contributed by atoms with Gasteiger partial charge in [0, 0.05) is 19.9 Å². The Morgan fingerprint density at radius 1 is 1.57 bits per heavy atom. The Balaban J connectivity index is 2.30. The van der Waals surface area contributed by atoms with Gasteiger partial charge in [0.1, 0.15) is 5.60 Å². The Kier molecular flexibility index (Phi) is 2.48. The predicted octanol–water partition coefficient (Wildman–Crippen LogP) is 0.961. The maximum Gasteiger partial charge on any atom is 0.160 e. The molecule has 0 aliphatic heterocycles. The second kappa shape index (κ2) is 3.63. The lowest BCUT2D eigenvalue weighted by Gasteiger charge is -2.38. The predicted molar refractivity (Wildman–Crippen MR) is 52.5 cm³/mol. The molecule has 0 saturated heterocycles. The summed E-state index contributed by atoms with van der Waals surface area (Å²) < 4.78 is 5.49. The van der Waals surface area contributed by atoms with Crippen molar-refractivity contribution in [2.24, 2.45) is 5.73 Å². The largest absolute Gasteiger partial charge is 0.370 e. The fourth-order valence-electron chi connectivity index (χ4n) is 1.75. The van der Waals surface area contributed by atoms with Crippen molar-refractivity contribution in [3.05, 3.63) is 23.8 Å². The highest BCUT2D eigenvalue weighted by Gasteiger charge is 2.41. The summed E-state index contributed by atoms with van der Waals surface area (Å²) >= 11 is 0. The van der Waals surface area contributed by atoms with Crippen LogP contribution in [0.1, 0.15) is 30.8 Å². The van der Waals surface area contributed by atoms with E-state index in [4.69, 9.17) is 10.5 Å². The third-order valence-electron chi connectivity index (χ3n) is 2.88. The van der Waals surface area contributed by atoms with Gasteiger partial charge in [-0.25, -0.2) is 9.97 Å². The van der Waals surface area contributed by atoms with E-state index in [2.05, 4.69) is 9.97 Å². The summed E-state index contributed by atoms with van der Waals surface area (Å²) in [7, 11) is 1.72. The minimum atomic E-state index is -0.231. The van der Waals surface area contributed by atoms with Crippen LogP contribution in [0.15, 0.2) is 12.3 Å². The fourth-order valence-corrected chi connectivity index (χ4v) is 1.75. The molecular weight excluding hydrogens is 178 g/mol. The summed E-state index contributed by atoms with van der Waals surface area (Å²) in [5, 5.41) is 0. The molecule has 76 valence electrons. The summed E-state index contributed by atoms with van der Waals surface area (Å²) in [5.41, 5.74) is 6.17. The highest BCUT2D eigenvalue weighted by Crippen LogP contribution is 2.42. The number of nitrogens with zero attached hydrogens (tertiary/aromatic N) is 2. The molecule has 0 amide bonds. The van der Waals surface area contributed by atoms with Crippen LogP contribution in [0.5, 0.6) is 0 Å². The van der Waals surface area contributed by atoms with Crippen LogP contribution < -0.4 is 5.73 Å². The second-order valence-electron chi connectivity index (χ2n) is 3.63. The second-order valence-corrected chi connectivity index (χ2v) is 3.63. The molecule has 0 radical (unpaired) electrons. The molecule has 2 N–H and O–H groups in total. The van der Waals surface area contributed by atoms with E-state index in [1.54, 1.807) is 13.3 Å². The Labute approximate surface area is 83.5 Å². The zero-order valence-electron chi connectivity index (χ0n) is 8.36. The highest BCUT2D eigenvalue weighted by atomic mass is 16.5. The molecule has 0 spiro atoms. The lowest BCUT2D eigenvalue weighted by atomic mass is 9.79. The first kappa shape index (κ1) is 9.55. The van der Waals surface area contributed by atoms with Gasteiger partial charge in [-0.15, -0.1) is 0 Å². The van der Waals surface area contributed by atoms with Gasteiger partial charge in [0.05, 0.1) is 5.69 Å². The van der Waals surface area contributed by atoms with E-state index in [1.807, 2.05) is 6.07 Å². The molecule has 0 unspecified atom stereocenters. The molecule has 1 aliphatic carbocycles. The third-order valence-corrected chi connectivity index (χ3v) is 2.88. The zero-order chi connectivity index (χ0) is 10.0. The van der Waals surface area contributed by atoms with Crippen LogP contribution in [0.4, 0.5) is 0 Å². The maximum absolute atomic E-state index is 5.53. The molecule has 1 saturated carbocycles. The lowest BCUT2D eigenvalue weighted by molar-refractivity contribution is -0.0848. The first-order chi connectivity index (χ1) is 6.80. The fraction of sp³-hybridized carbons (Fsp3) is 0.600. The molecule has 1 aliphatic rings. The van der Waals surface area contributed by atoms with Crippen LogP contribution in [-0.2, 0) is 16.9 Å². The minimum Gasteiger partial charge on any atom is -0.370 e. The number of hydrogen-bond acceptors (Lipinski definition) is 4. The average molecular weight is 193 g/mol. The van der Waals surface area contributed by atoms with Crippen LogP contribution >= 0.6 is 0 Å². The van der Waals surface area contributed by atoms with Crippen molar-refractivity contribution in [1.82, 2.24) is 9.97 Å². The SMILES string of the molecule is COC1(c2nccc(CN)n2)CCC1. The van der Waals surface area contributed by atoms with Crippen LogP contribution in [0.2, 0.25) is 0 Å². The molecule has 1 aromatic heterocycles. The Bertz CT molecular complexity index is 317. The summed E-state index contributed by atoms with van der Waals surface area (Å²) in [4.78, 5) is 8.66. The number of hydrogen-bond donors (Lipinski definition) is 1. The highest BCUT2D eigenvalue weighted by molar-refractivity contribution is 5.11. The molecule has 4 nitrogen and oxygen atoms in total. The molecule has 1 heterocycles. The third kappa shape index (κ3) is 1.40. The molecule has 1 aromatic rings. The Hall–Kier alpha value is -1.00. The Morgan fingerprint density at radius 3 is 2.86 bits per heavy atom. The summed E-state index contributed by atoms with van der Waals surface area (Å²) in [6.45, 7) is 0.454. The van der Waals surface area contributed by atoms with E-state index in [9.17, 15) is 0 Å². The zero-order valence-corrected chi connectivity index (χ0v) is 8.36. The van der Waals surface area contributed by atoms with Crippen molar-refractivity contribution in [3.63, 3.8) is 0 Å². The van der Waals surface area contributed by atoms with Gasteiger partial charge in [0.25, 0.3) is 0 Å². The van der Waals surface area contributed by atoms with Gasteiger partial charge in [-0.3, -0.25) is 0 Å². The number of methoxy groups -OCH3 is 1. The smallest absolute Gasteiger partial charge is 0.160 e. The quantitative estimate of drug-likeness (QED) is 0.776. The molecule has 4 heteroatoms. The van der Waals surface area contributed by atoms with Gasteiger partial charge >= 0.3 is 0 Å². The number of rotatable bonds is 3. The average Bonchev–Trinajstić information content (AvgIpc) is 2.18. The minimum absolute atomic E-state index is 0.231. The summed E-state index contributed by atoms with van der Waals surface area (Å²) in [5.74, 6) is 0.786. The van der Waals surface area contributed by atoms with Crippen molar-refractivity contribution in [2.75, 3.05) is 7.11 Å². The molecular formula is C10H15N3O. The maximum atomic E-state index is 5.53. The van der Waals surface area contributed by atoms with Crippen LogP contribution in [0.25, 0.3) is 0 Å². The van der Waals surface area contributed by atoms with E-state index < -0.39 is 0 Å². The van der Waals surface area contributed by atoms with Gasteiger partial charge in [-0.2, -0.15) is 0 Å². The van der Waals surface area contributed by atoms with Gasteiger partial charge in [0.15, 0.2) is 5.82 Å². The van der Waals surface area contributed by atoms with E-state index in [0.29, 0.717) is 6.54 Å². The Morgan fingerprint density at radius 2 is 2.36 bits per heavy atom. The van der Waals surface area contributed by atoms with Crippen LogP contribution in [0, 0.1) is 0 Å². The lowest BCUT2D eigenvalue weighted by Crippen LogP contribution is -2.38. The van der Waals surface area contributed by atoms with Crippen molar-refractivity contribution in [3.8, 4) is 0 Å². The monoisotopic (exact) mass is 193 g/mol. The summed E-state index contributed by atoms with van der Waals surface area (Å²) in [6.07, 6.45) is 4.96. The van der Waals surface area contributed by atoms with Gasteiger partial charge in [-0.05, 0) is 25.3 Å². The van der Waals surface area contributed by atoms with E-state index in [1.165, 1.54) is 6.42 Å². The topological polar surface area (TPSA) is 61.0 Å². The van der Waals surface area contributed by atoms with E-state index in [-0.39, 0.29) is 5.60 Å². The van der Waals surface area contributed by atoms with E-state index in [0.717, 1.165) is 24.4 Å². The molecule has 1 fully saturated rings.